The standard InChI is InChI=1S/C20H23N3O2S/c1-23(2)13-16(14-8-4-3-5-9-14)21-19(24)12-18-20(25)22-15-10-6-7-11-17(15)26-18/h3-11,16,18H,12-13H2,1-2H3,(H,21,24)(H,22,25)/p+1/t16-,18-/m1/s1. The molecule has 2 atom stereocenters. The Morgan fingerprint density at radius 1 is 1.15 bits per heavy atom. The summed E-state index contributed by atoms with van der Waals surface area (Å²) in [5, 5.41) is 5.58. The fraction of sp³-hybridized carbons (Fsp3) is 0.300. The Kier molecular flexibility index (Phi) is 5.96. The fourth-order valence-electron chi connectivity index (χ4n) is 2.99. The fourth-order valence-corrected chi connectivity index (χ4v) is 4.10. The van der Waals surface area contributed by atoms with Gasteiger partial charge in [0.05, 0.1) is 25.0 Å². The first kappa shape index (κ1) is 18.5. The van der Waals surface area contributed by atoms with Crippen LogP contribution in [0.15, 0.2) is 59.5 Å². The van der Waals surface area contributed by atoms with E-state index < -0.39 is 5.25 Å². The van der Waals surface area contributed by atoms with E-state index in [0.29, 0.717) is 0 Å². The summed E-state index contributed by atoms with van der Waals surface area (Å²) in [6, 6.07) is 17.5. The number of para-hydroxylation sites is 1. The summed E-state index contributed by atoms with van der Waals surface area (Å²) in [4.78, 5) is 27.2. The van der Waals surface area contributed by atoms with E-state index in [9.17, 15) is 9.59 Å². The second-order valence-electron chi connectivity index (χ2n) is 6.74. The second-order valence-corrected chi connectivity index (χ2v) is 7.98. The van der Waals surface area contributed by atoms with Crippen molar-refractivity contribution >= 4 is 29.3 Å². The SMILES string of the molecule is C[NH+](C)C[C@@H](NC(=O)C[C@H]1Sc2ccccc2NC1=O)c1ccccc1. The number of hydrogen-bond acceptors (Lipinski definition) is 3. The number of carbonyl (C=O) groups is 2. The van der Waals surface area contributed by atoms with E-state index in [0.717, 1.165) is 22.7 Å². The summed E-state index contributed by atoms with van der Waals surface area (Å²) >= 11 is 1.45. The number of quaternary nitrogens is 1. The summed E-state index contributed by atoms with van der Waals surface area (Å²) < 4.78 is 0. The van der Waals surface area contributed by atoms with Gasteiger partial charge in [0.2, 0.25) is 11.8 Å². The normalized spacial score (nSPS) is 17.3. The van der Waals surface area contributed by atoms with Gasteiger partial charge in [-0.1, -0.05) is 42.5 Å². The molecular formula is C20H24N3O2S+. The molecule has 2 aromatic rings. The van der Waals surface area contributed by atoms with Gasteiger partial charge in [0.1, 0.15) is 12.6 Å². The second kappa shape index (κ2) is 8.38. The van der Waals surface area contributed by atoms with Crippen LogP contribution in [0.3, 0.4) is 0 Å². The number of amides is 2. The molecule has 0 aromatic heterocycles. The van der Waals surface area contributed by atoms with Gasteiger partial charge in [-0.2, -0.15) is 0 Å². The highest BCUT2D eigenvalue weighted by Gasteiger charge is 2.29. The van der Waals surface area contributed by atoms with Crippen LogP contribution in [0, 0.1) is 0 Å². The van der Waals surface area contributed by atoms with Crippen molar-refractivity contribution in [1.29, 1.82) is 0 Å². The van der Waals surface area contributed by atoms with Crippen LogP contribution < -0.4 is 15.5 Å². The molecule has 2 aromatic carbocycles. The maximum Gasteiger partial charge on any atom is 0.238 e. The third kappa shape index (κ3) is 4.65. The molecule has 1 aliphatic rings. The van der Waals surface area contributed by atoms with Gasteiger partial charge in [-0.3, -0.25) is 9.59 Å². The Hall–Kier alpha value is -2.31. The molecule has 6 heteroatoms. The number of nitrogens with one attached hydrogen (secondary N) is 3. The number of hydrogen-bond donors (Lipinski definition) is 3. The number of carbonyl (C=O) groups excluding carboxylic acids is 2. The minimum Gasteiger partial charge on any atom is -0.344 e. The van der Waals surface area contributed by atoms with E-state index in [-0.39, 0.29) is 24.3 Å². The van der Waals surface area contributed by atoms with Crippen LogP contribution in [0.2, 0.25) is 0 Å². The van der Waals surface area contributed by atoms with E-state index in [1.54, 1.807) is 0 Å². The molecular weight excluding hydrogens is 346 g/mol. The smallest absolute Gasteiger partial charge is 0.238 e. The molecule has 5 nitrogen and oxygen atoms in total. The van der Waals surface area contributed by atoms with E-state index in [4.69, 9.17) is 0 Å². The number of rotatable bonds is 6. The minimum absolute atomic E-state index is 0.0716. The van der Waals surface area contributed by atoms with Crippen LogP contribution in [0.5, 0.6) is 0 Å². The summed E-state index contributed by atoms with van der Waals surface area (Å²) in [6.07, 6.45) is 0.164. The Balaban J connectivity index is 1.66. The van der Waals surface area contributed by atoms with Gasteiger partial charge in [-0.15, -0.1) is 11.8 Å². The Morgan fingerprint density at radius 2 is 1.85 bits per heavy atom. The number of thioether (sulfide) groups is 1. The highest BCUT2D eigenvalue weighted by molar-refractivity contribution is 8.01. The molecule has 0 spiro atoms. The molecule has 0 bridgehead atoms. The molecule has 26 heavy (non-hydrogen) atoms. The zero-order valence-corrected chi connectivity index (χ0v) is 15.8. The monoisotopic (exact) mass is 370 g/mol. The lowest BCUT2D eigenvalue weighted by molar-refractivity contribution is -0.860. The van der Waals surface area contributed by atoms with Gasteiger partial charge in [-0.25, -0.2) is 0 Å². The zero-order chi connectivity index (χ0) is 18.5. The van der Waals surface area contributed by atoms with E-state index in [1.807, 2.05) is 54.6 Å². The van der Waals surface area contributed by atoms with Crippen molar-refractivity contribution < 1.29 is 14.5 Å². The molecule has 1 aliphatic heterocycles. The number of benzene rings is 2. The van der Waals surface area contributed by atoms with Gasteiger partial charge in [0.15, 0.2) is 0 Å². The molecule has 136 valence electrons. The highest BCUT2D eigenvalue weighted by atomic mass is 32.2. The molecule has 2 amide bonds. The van der Waals surface area contributed by atoms with Gasteiger partial charge < -0.3 is 15.5 Å². The third-order valence-electron chi connectivity index (χ3n) is 4.23. The van der Waals surface area contributed by atoms with Crippen LogP contribution in [-0.4, -0.2) is 37.7 Å². The molecule has 0 saturated heterocycles. The van der Waals surface area contributed by atoms with Crippen LogP contribution in [0.1, 0.15) is 18.0 Å². The van der Waals surface area contributed by atoms with Gasteiger partial charge in [-0.05, 0) is 17.7 Å². The molecule has 0 unspecified atom stereocenters. The first-order chi connectivity index (χ1) is 12.5. The van der Waals surface area contributed by atoms with Crippen molar-refractivity contribution in [2.75, 3.05) is 26.0 Å². The predicted molar refractivity (Wildman–Crippen MR) is 104 cm³/mol. The number of anilines is 1. The molecule has 3 rings (SSSR count). The van der Waals surface area contributed by atoms with Crippen molar-refractivity contribution in [3.8, 4) is 0 Å². The number of likely N-dealkylation sites (N-methyl/N-ethyl adjacent to an activating group) is 1. The summed E-state index contributed by atoms with van der Waals surface area (Å²) in [6.45, 7) is 0.780. The Labute approximate surface area is 158 Å². The Bertz CT molecular complexity index is 780. The topological polar surface area (TPSA) is 62.6 Å². The molecule has 0 aliphatic carbocycles. The van der Waals surface area contributed by atoms with Crippen molar-refractivity contribution in [2.45, 2.75) is 22.6 Å². The summed E-state index contributed by atoms with van der Waals surface area (Å²) in [5.41, 5.74) is 1.89. The lowest BCUT2D eigenvalue weighted by atomic mass is 10.1. The largest absolute Gasteiger partial charge is 0.344 e. The Morgan fingerprint density at radius 3 is 2.58 bits per heavy atom. The lowest BCUT2D eigenvalue weighted by Crippen LogP contribution is -3.06. The summed E-state index contributed by atoms with van der Waals surface area (Å²) in [5.74, 6) is -0.217. The lowest BCUT2D eigenvalue weighted by Gasteiger charge is -2.25. The van der Waals surface area contributed by atoms with Crippen LogP contribution >= 0.6 is 11.8 Å². The predicted octanol–water partition coefficient (Wildman–Crippen LogP) is 1.49. The number of fused-ring (bicyclic) bond motifs is 1. The van der Waals surface area contributed by atoms with Crippen molar-refractivity contribution in [3.05, 3.63) is 60.2 Å². The van der Waals surface area contributed by atoms with Crippen LogP contribution in [0.25, 0.3) is 0 Å². The molecule has 0 fully saturated rings. The average Bonchev–Trinajstić information content (AvgIpc) is 2.62. The summed E-state index contributed by atoms with van der Waals surface area (Å²) in [7, 11) is 4.12. The van der Waals surface area contributed by atoms with E-state index >= 15 is 0 Å². The minimum atomic E-state index is -0.409. The van der Waals surface area contributed by atoms with Gasteiger partial charge in [0.25, 0.3) is 0 Å². The van der Waals surface area contributed by atoms with Gasteiger partial charge in [0, 0.05) is 11.3 Å². The molecule has 0 radical (unpaired) electrons. The van der Waals surface area contributed by atoms with Crippen LogP contribution in [0.4, 0.5) is 5.69 Å². The molecule has 1 heterocycles. The average molecular weight is 370 g/mol. The third-order valence-corrected chi connectivity index (χ3v) is 5.50. The van der Waals surface area contributed by atoms with E-state index in [1.165, 1.54) is 16.7 Å². The first-order valence-electron chi connectivity index (χ1n) is 8.73. The van der Waals surface area contributed by atoms with E-state index in [2.05, 4.69) is 24.7 Å². The highest BCUT2D eigenvalue weighted by Crippen LogP contribution is 2.36. The maximum absolute atomic E-state index is 12.6. The first-order valence-corrected chi connectivity index (χ1v) is 9.61. The maximum atomic E-state index is 12.6. The van der Waals surface area contributed by atoms with Crippen molar-refractivity contribution in [1.82, 2.24) is 5.32 Å². The molecule has 0 saturated carbocycles. The quantitative estimate of drug-likeness (QED) is 0.722. The molecule has 3 N–H and O–H groups in total. The van der Waals surface area contributed by atoms with Crippen LogP contribution in [-0.2, 0) is 9.59 Å². The van der Waals surface area contributed by atoms with Crippen molar-refractivity contribution in [3.63, 3.8) is 0 Å². The zero-order valence-electron chi connectivity index (χ0n) is 15.0. The van der Waals surface area contributed by atoms with Gasteiger partial charge >= 0.3 is 0 Å². The van der Waals surface area contributed by atoms with Crippen molar-refractivity contribution in [2.24, 2.45) is 0 Å².